The summed E-state index contributed by atoms with van der Waals surface area (Å²) in [6.45, 7) is 0. The van der Waals surface area contributed by atoms with Crippen molar-refractivity contribution in [3.8, 4) is 0 Å². The average molecular weight is 266 g/mol. The van der Waals surface area contributed by atoms with E-state index in [9.17, 15) is 0 Å². The first-order valence-electron chi connectivity index (χ1n) is 2.72. The summed E-state index contributed by atoms with van der Waals surface area (Å²) in [5.74, 6) is 0. The number of hydrogen-bond acceptors (Lipinski definition) is 0. The van der Waals surface area contributed by atoms with Gasteiger partial charge < -0.3 is 0 Å². The third-order valence-corrected chi connectivity index (χ3v) is 0.908. The SMILES string of the molecule is [CH]1[CH]CCC1.[Cl][Zr]([Cl])[Cl]. The van der Waals surface area contributed by atoms with Crippen LogP contribution in [0, 0.1) is 12.8 Å². The Bertz CT molecular complexity index is 43.8. The van der Waals surface area contributed by atoms with Crippen molar-refractivity contribution >= 4 is 25.5 Å². The summed E-state index contributed by atoms with van der Waals surface area (Å²) in [4.78, 5) is 0. The van der Waals surface area contributed by atoms with E-state index < -0.39 is 18.2 Å². The molecule has 4 heteroatoms. The molecule has 1 saturated carbocycles. The molecule has 0 amide bonds. The van der Waals surface area contributed by atoms with Gasteiger partial charge in [-0.05, 0) is 25.7 Å². The van der Waals surface area contributed by atoms with E-state index in [1.54, 1.807) is 0 Å². The van der Waals surface area contributed by atoms with Crippen LogP contribution in [0.15, 0.2) is 0 Å². The van der Waals surface area contributed by atoms with Crippen LogP contribution in [0.5, 0.6) is 0 Å². The summed E-state index contributed by atoms with van der Waals surface area (Å²) in [6, 6.07) is 0. The van der Waals surface area contributed by atoms with Crippen LogP contribution in [-0.4, -0.2) is 0 Å². The quantitative estimate of drug-likeness (QED) is 0.627. The van der Waals surface area contributed by atoms with E-state index in [4.69, 9.17) is 25.5 Å². The summed E-state index contributed by atoms with van der Waals surface area (Å²) in [5, 5.41) is 0. The Labute approximate surface area is 75.2 Å². The molecule has 1 aliphatic rings. The van der Waals surface area contributed by atoms with Crippen molar-refractivity contribution < 1.29 is 18.2 Å². The van der Waals surface area contributed by atoms with E-state index in [0.29, 0.717) is 0 Å². The van der Waals surface area contributed by atoms with Crippen molar-refractivity contribution in [1.29, 1.82) is 0 Å². The fourth-order valence-electron chi connectivity index (χ4n) is 0.589. The molecule has 0 nitrogen and oxygen atoms in total. The van der Waals surface area contributed by atoms with E-state index in [2.05, 4.69) is 12.8 Å². The molecule has 2 radical (unpaired) electrons. The van der Waals surface area contributed by atoms with Crippen molar-refractivity contribution in [2.75, 3.05) is 0 Å². The zero-order chi connectivity index (χ0) is 7.11. The van der Waals surface area contributed by atoms with Crippen molar-refractivity contribution in [3.05, 3.63) is 12.8 Å². The summed E-state index contributed by atoms with van der Waals surface area (Å²) in [6.07, 6.45) is 8.50. The third kappa shape index (κ3) is 12.9. The predicted octanol–water partition coefficient (Wildman–Crippen LogP) is 3.64. The molecular weight excluding hydrogens is 258 g/mol. The van der Waals surface area contributed by atoms with Gasteiger partial charge in [0.15, 0.2) is 0 Å². The molecule has 0 saturated heterocycles. The van der Waals surface area contributed by atoms with Gasteiger partial charge >= 0.3 is 43.7 Å². The molecule has 1 aliphatic carbocycles. The minimum absolute atomic E-state index is 1.32. The second kappa shape index (κ2) is 7.86. The van der Waals surface area contributed by atoms with Gasteiger partial charge in [0, 0.05) is 0 Å². The molecule has 0 spiro atoms. The molecule has 0 aromatic carbocycles. The van der Waals surface area contributed by atoms with Gasteiger partial charge in [0.05, 0.1) is 0 Å². The maximum atomic E-state index is 5.00. The van der Waals surface area contributed by atoms with Gasteiger partial charge in [-0.2, -0.15) is 0 Å². The van der Waals surface area contributed by atoms with Crippen molar-refractivity contribution in [2.45, 2.75) is 19.3 Å². The number of hydrogen-bond donors (Lipinski definition) is 0. The zero-order valence-corrected chi connectivity index (χ0v) is 9.64. The van der Waals surface area contributed by atoms with E-state index in [1.807, 2.05) is 0 Å². The van der Waals surface area contributed by atoms with Gasteiger partial charge in [0.25, 0.3) is 0 Å². The molecule has 53 valence electrons. The van der Waals surface area contributed by atoms with E-state index in [1.165, 1.54) is 19.3 Å². The minimum atomic E-state index is -2.13. The summed E-state index contributed by atoms with van der Waals surface area (Å²) in [5.41, 5.74) is 0. The molecular formula is C5H8Cl3Zr. The van der Waals surface area contributed by atoms with Gasteiger partial charge in [0.1, 0.15) is 0 Å². The number of rotatable bonds is 0. The van der Waals surface area contributed by atoms with Crippen LogP contribution in [0.25, 0.3) is 0 Å². The molecule has 0 aromatic rings. The summed E-state index contributed by atoms with van der Waals surface area (Å²) >= 11 is -2.13. The first-order chi connectivity index (χ1) is 4.23. The van der Waals surface area contributed by atoms with Crippen LogP contribution in [0.3, 0.4) is 0 Å². The van der Waals surface area contributed by atoms with Gasteiger partial charge in [-0.15, -0.1) is 0 Å². The fourth-order valence-corrected chi connectivity index (χ4v) is 0.589. The monoisotopic (exact) mass is 263 g/mol. The van der Waals surface area contributed by atoms with Crippen LogP contribution in [0.4, 0.5) is 0 Å². The molecule has 0 N–H and O–H groups in total. The van der Waals surface area contributed by atoms with E-state index >= 15 is 0 Å². The molecule has 0 atom stereocenters. The van der Waals surface area contributed by atoms with Gasteiger partial charge in [0.2, 0.25) is 0 Å². The maximum absolute atomic E-state index is 5.00. The van der Waals surface area contributed by atoms with Crippen LogP contribution in [0.1, 0.15) is 19.3 Å². The Morgan fingerprint density at radius 1 is 1.00 bits per heavy atom. The molecule has 9 heavy (non-hydrogen) atoms. The predicted molar refractivity (Wildman–Crippen MR) is 40.0 cm³/mol. The van der Waals surface area contributed by atoms with Gasteiger partial charge in [-0.1, -0.05) is 6.42 Å². The summed E-state index contributed by atoms with van der Waals surface area (Å²) < 4.78 is 0. The third-order valence-electron chi connectivity index (χ3n) is 0.908. The second-order valence-electron chi connectivity index (χ2n) is 1.62. The molecule has 0 aromatic heterocycles. The fraction of sp³-hybridized carbons (Fsp3) is 0.600. The second-order valence-corrected chi connectivity index (χ2v) is 12.8. The zero-order valence-electron chi connectivity index (χ0n) is 4.91. The Morgan fingerprint density at radius 3 is 1.44 bits per heavy atom. The first kappa shape index (κ1) is 10.8. The van der Waals surface area contributed by atoms with Gasteiger partial charge in [-0.25, -0.2) is 0 Å². The molecule has 1 fully saturated rings. The van der Waals surface area contributed by atoms with Crippen molar-refractivity contribution in [2.24, 2.45) is 0 Å². The van der Waals surface area contributed by atoms with Crippen LogP contribution < -0.4 is 0 Å². The van der Waals surface area contributed by atoms with Gasteiger partial charge in [-0.3, -0.25) is 0 Å². The van der Waals surface area contributed by atoms with Crippen LogP contribution in [-0.2, 0) is 18.2 Å². The molecule has 0 aliphatic heterocycles. The van der Waals surface area contributed by atoms with Crippen LogP contribution >= 0.6 is 25.5 Å². The van der Waals surface area contributed by atoms with Crippen LogP contribution in [0.2, 0.25) is 0 Å². The molecule has 0 unspecified atom stereocenters. The molecule has 0 bridgehead atoms. The molecule has 0 heterocycles. The number of halogens is 3. The van der Waals surface area contributed by atoms with Crippen molar-refractivity contribution in [1.82, 2.24) is 0 Å². The normalized spacial score (nSPS) is 16.3. The summed E-state index contributed by atoms with van der Waals surface area (Å²) in [7, 11) is 15.0. The average Bonchev–Trinajstić information content (AvgIpc) is 2.11. The topological polar surface area (TPSA) is 0 Å². The Balaban J connectivity index is 0.000000148. The first-order valence-corrected chi connectivity index (χ1v) is 12.2. The Morgan fingerprint density at radius 2 is 1.33 bits per heavy atom. The molecule has 1 rings (SSSR count). The van der Waals surface area contributed by atoms with Crippen molar-refractivity contribution in [3.63, 3.8) is 0 Å². The Hall–Kier alpha value is 1.75. The Kier molecular flexibility index (Phi) is 9.39. The van der Waals surface area contributed by atoms with E-state index in [0.717, 1.165) is 0 Å². The van der Waals surface area contributed by atoms with E-state index in [-0.39, 0.29) is 0 Å². The standard InChI is InChI=1S/C5H8.3ClH.Zr/c1-2-4-5-3-1;;;;/h1-2H,3-5H2;3*1H;/q;;;;+3/p-3.